The second-order valence-electron chi connectivity index (χ2n) is 5.05. The van der Waals surface area contributed by atoms with Gasteiger partial charge in [-0.25, -0.2) is 0 Å². The van der Waals surface area contributed by atoms with Gasteiger partial charge in [-0.1, -0.05) is 24.3 Å². The highest BCUT2D eigenvalue weighted by molar-refractivity contribution is 5.80. The molecule has 0 saturated heterocycles. The molecule has 0 radical (unpaired) electrons. The first-order valence-electron chi connectivity index (χ1n) is 7.04. The zero-order valence-electron chi connectivity index (χ0n) is 11.8. The molecule has 0 spiro atoms. The highest BCUT2D eigenvalue weighted by Crippen LogP contribution is 2.22. The van der Waals surface area contributed by atoms with Crippen molar-refractivity contribution >= 4 is 11.0 Å². The van der Waals surface area contributed by atoms with Gasteiger partial charge in [-0.2, -0.15) is 0 Å². The van der Waals surface area contributed by atoms with Gasteiger partial charge in [0.1, 0.15) is 5.58 Å². The van der Waals surface area contributed by atoms with Crippen LogP contribution >= 0.6 is 0 Å². The van der Waals surface area contributed by atoms with Crippen LogP contribution in [0.3, 0.4) is 0 Å². The van der Waals surface area contributed by atoms with E-state index in [1.165, 1.54) is 0 Å². The molecule has 0 aliphatic heterocycles. The predicted molar refractivity (Wildman–Crippen MR) is 81.7 cm³/mol. The average Bonchev–Trinajstić information content (AvgIpc) is 2.92. The maximum Gasteiger partial charge on any atom is 0.134 e. The highest BCUT2D eigenvalue weighted by atomic mass is 16.3. The van der Waals surface area contributed by atoms with Gasteiger partial charge in [0.05, 0.1) is 12.9 Å². The Morgan fingerprint density at radius 2 is 2.00 bits per heavy atom. The van der Waals surface area contributed by atoms with Crippen molar-refractivity contribution in [2.24, 2.45) is 0 Å². The van der Waals surface area contributed by atoms with Crippen molar-refractivity contribution in [1.29, 1.82) is 0 Å². The van der Waals surface area contributed by atoms with Crippen LogP contribution in [0.5, 0.6) is 0 Å². The van der Waals surface area contributed by atoms with Crippen LogP contribution in [0, 0.1) is 0 Å². The van der Waals surface area contributed by atoms with E-state index in [0.29, 0.717) is 6.54 Å². The van der Waals surface area contributed by atoms with Crippen molar-refractivity contribution in [2.75, 3.05) is 13.2 Å². The number of hydrogen-bond acceptors (Lipinski definition) is 4. The minimum absolute atomic E-state index is 0.135. The molecule has 108 valence electrons. The standard InChI is InChI=1S/C17H18N2O2/c20-9-8-19(11-14-4-3-7-18-10-14)12-15-13-21-17-6-2-1-5-16(15)17/h1-7,10,13,20H,8-9,11-12H2. The number of aliphatic hydroxyl groups is 1. The zero-order valence-corrected chi connectivity index (χ0v) is 11.8. The summed E-state index contributed by atoms with van der Waals surface area (Å²) in [6.07, 6.45) is 5.43. The fraction of sp³-hybridized carbons (Fsp3) is 0.235. The summed E-state index contributed by atoms with van der Waals surface area (Å²) in [6, 6.07) is 12.0. The number of hydrogen-bond donors (Lipinski definition) is 1. The molecular formula is C17H18N2O2. The Hall–Kier alpha value is -2.17. The number of aliphatic hydroxyl groups excluding tert-OH is 1. The molecule has 1 aromatic carbocycles. The number of para-hydroxylation sites is 1. The number of furan rings is 1. The van der Waals surface area contributed by atoms with E-state index in [2.05, 4.69) is 16.0 Å². The smallest absolute Gasteiger partial charge is 0.134 e. The molecule has 0 bridgehead atoms. The van der Waals surface area contributed by atoms with Crippen LogP contribution in [-0.4, -0.2) is 28.1 Å². The molecule has 0 amide bonds. The molecule has 0 atom stereocenters. The first-order chi connectivity index (χ1) is 10.4. The summed E-state index contributed by atoms with van der Waals surface area (Å²) < 4.78 is 5.58. The summed E-state index contributed by atoms with van der Waals surface area (Å²) in [6.45, 7) is 2.25. The van der Waals surface area contributed by atoms with Gasteiger partial charge in [0.2, 0.25) is 0 Å². The minimum Gasteiger partial charge on any atom is -0.464 e. The van der Waals surface area contributed by atoms with E-state index in [9.17, 15) is 5.11 Å². The van der Waals surface area contributed by atoms with Crippen LogP contribution < -0.4 is 0 Å². The summed E-state index contributed by atoms with van der Waals surface area (Å²) in [5.41, 5.74) is 3.18. The Bertz CT molecular complexity index is 694. The Morgan fingerprint density at radius 3 is 2.81 bits per heavy atom. The van der Waals surface area contributed by atoms with Crippen molar-refractivity contribution in [3.63, 3.8) is 0 Å². The van der Waals surface area contributed by atoms with Gasteiger partial charge in [0, 0.05) is 43.0 Å². The van der Waals surface area contributed by atoms with Crippen LogP contribution in [-0.2, 0) is 13.1 Å². The largest absolute Gasteiger partial charge is 0.464 e. The van der Waals surface area contributed by atoms with Crippen molar-refractivity contribution in [3.8, 4) is 0 Å². The van der Waals surface area contributed by atoms with E-state index in [1.807, 2.05) is 36.5 Å². The van der Waals surface area contributed by atoms with Crippen LogP contribution in [0.4, 0.5) is 0 Å². The number of aromatic nitrogens is 1. The normalized spacial score (nSPS) is 11.3. The molecule has 0 unspecified atom stereocenters. The topological polar surface area (TPSA) is 49.5 Å². The van der Waals surface area contributed by atoms with Gasteiger partial charge in [0.15, 0.2) is 0 Å². The molecule has 1 N–H and O–H groups in total. The molecule has 3 aromatic rings. The Morgan fingerprint density at radius 1 is 1.10 bits per heavy atom. The average molecular weight is 282 g/mol. The molecule has 4 heteroatoms. The lowest BCUT2D eigenvalue weighted by Crippen LogP contribution is -2.26. The number of pyridine rings is 1. The molecule has 0 aliphatic carbocycles. The third-order valence-corrected chi connectivity index (χ3v) is 3.50. The van der Waals surface area contributed by atoms with Gasteiger partial charge in [-0.05, 0) is 17.7 Å². The molecule has 0 fully saturated rings. The Kier molecular flexibility index (Phi) is 4.28. The second-order valence-corrected chi connectivity index (χ2v) is 5.05. The maximum atomic E-state index is 9.28. The summed E-state index contributed by atoms with van der Waals surface area (Å²) in [4.78, 5) is 6.33. The van der Waals surface area contributed by atoms with E-state index in [1.54, 1.807) is 12.5 Å². The van der Waals surface area contributed by atoms with Crippen LogP contribution in [0.25, 0.3) is 11.0 Å². The highest BCUT2D eigenvalue weighted by Gasteiger charge is 2.11. The Labute approximate surface area is 123 Å². The lowest BCUT2D eigenvalue weighted by Gasteiger charge is -2.20. The summed E-state index contributed by atoms with van der Waals surface area (Å²) >= 11 is 0. The predicted octanol–water partition coefficient (Wildman–Crippen LogP) is 2.82. The second kappa shape index (κ2) is 6.52. The van der Waals surface area contributed by atoms with E-state index < -0.39 is 0 Å². The van der Waals surface area contributed by atoms with Crippen molar-refractivity contribution in [3.05, 3.63) is 66.2 Å². The number of rotatable bonds is 6. The van der Waals surface area contributed by atoms with Gasteiger partial charge in [-0.3, -0.25) is 9.88 Å². The third kappa shape index (κ3) is 3.29. The van der Waals surface area contributed by atoms with Crippen molar-refractivity contribution < 1.29 is 9.52 Å². The monoisotopic (exact) mass is 282 g/mol. The van der Waals surface area contributed by atoms with Crippen LogP contribution in [0.1, 0.15) is 11.1 Å². The number of nitrogens with zero attached hydrogens (tertiary/aromatic N) is 2. The van der Waals surface area contributed by atoms with Gasteiger partial charge in [-0.15, -0.1) is 0 Å². The van der Waals surface area contributed by atoms with Gasteiger partial charge < -0.3 is 9.52 Å². The minimum atomic E-state index is 0.135. The van der Waals surface area contributed by atoms with Crippen molar-refractivity contribution in [1.82, 2.24) is 9.88 Å². The number of fused-ring (bicyclic) bond motifs is 1. The number of benzene rings is 1. The molecule has 3 rings (SSSR count). The van der Waals surface area contributed by atoms with E-state index >= 15 is 0 Å². The summed E-state index contributed by atoms with van der Waals surface area (Å²) in [5, 5.41) is 10.4. The lowest BCUT2D eigenvalue weighted by molar-refractivity contribution is 0.184. The molecule has 0 aliphatic rings. The lowest BCUT2D eigenvalue weighted by atomic mass is 10.1. The fourth-order valence-electron chi connectivity index (χ4n) is 2.50. The van der Waals surface area contributed by atoms with Crippen LogP contribution in [0.15, 0.2) is 59.5 Å². The summed E-state index contributed by atoms with van der Waals surface area (Å²) in [7, 11) is 0. The molecular weight excluding hydrogens is 264 g/mol. The van der Waals surface area contributed by atoms with Crippen LogP contribution in [0.2, 0.25) is 0 Å². The van der Waals surface area contributed by atoms with Gasteiger partial charge in [0.25, 0.3) is 0 Å². The first-order valence-corrected chi connectivity index (χ1v) is 7.04. The third-order valence-electron chi connectivity index (χ3n) is 3.50. The summed E-state index contributed by atoms with van der Waals surface area (Å²) in [5.74, 6) is 0. The fourth-order valence-corrected chi connectivity index (χ4v) is 2.50. The molecule has 2 aromatic heterocycles. The van der Waals surface area contributed by atoms with E-state index in [4.69, 9.17) is 4.42 Å². The van der Waals surface area contributed by atoms with E-state index in [-0.39, 0.29) is 6.61 Å². The van der Waals surface area contributed by atoms with Crippen molar-refractivity contribution in [2.45, 2.75) is 13.1 Å². The maximum absolute atomic E-state index is 9.28. The first kappa shape index (κ1) is 13.8. The van der Waals surface area contributed by atoms with E-state index in [0.717, 1.165) is 35.2 Å². The molecule has 4 nitrogen and oxygen atoms in total. The molecule has 2 heterocycles. The quantitative estimate of drug-likeness (QED) is 0.755. The van der Waals surface area contributed by atoms with Gasteiger partial charge >= 0.3 is 0 Å². The zero-order chi connectivity index (χ0) is 14.5. The SMILES string of the molecule is OCCN(Cc1cccnc1)Cc1coc2ccccc12. The molecule has 21 heavy (non-hydrogen) atoms. The Balaban J connectivity index is 1.78. The molecule has 0 saturated carbocycles.